The van der Waals surface area contributed by atoms with E-state index in [1.807, 2.05) is 11.8 Å². The van der Waals surface area contributed by atoms with Crippen LogP contribution in [0.3, 0.4) is 0 Å². The molecular weight excluding hydrogens is 284 g/mol. The van der Waals surface area contributed by atoms with Gasteiger partial charge in [0.2, 0.25) is 17.7 Å². The van der Waals surface area contributed by atoms with Crippen molar-refractivity contribution in [2.75, 3.05) is 47.3 Å². The summed E-state index contributed by atoms with van der Waals surface area (Å²) in [7, 11) is 5.07. The van der Waals surface area contributed by atoms with Crippen LogP contribution in [0.4, 0.5) is 0 Å². The van der Waals surface area contributed by atoms with Gasteiger partial charge in [-0.2, -0.15) is 0 Å². The molecule has 1 fully saturated rings. The maximum absolute atomic E-state index is 12.2. The predicted octanol–water partition coefficient (Wildman–Crippen LogP) is -0.476. The minimum Gasteiger partial charge on any atom is -0.355 e. The van der Waals surface area contributed by atoms with Crippen LogP contribution < -0.4 is 5.32 Å². The number of carbonyl (C=O) groups is 3. The van der Waals surface area contributed by atoms with Crippen LogP contribution in [0, 0.1) is 0 Å². The van der Waals surface area contributed by atoms with Crippen molar-refractivity contribution in [3.8, 4) is 0 Å². The Kier molecular flexibility index (Phi) is 7.31. The molecule has 1 aliphatic heterocycles. The van der Waals surface area contributed by atoms with Gasteiger partial charge in [0.15, 0.2) is 0 Å². The van der Waals surface area contributed by atoms with Crippen LogP contribution in [-0.4, -0.2) is 85.8 Å². The van der Waals surface area contributed by atoms with Gasteiger partial charge in [0.25, 0.3) is 0 Å². The van der Waals surface area contributed by atoms with E-state index in [0.29, 0.717) is 6.54 Å². The summed E-state index contributed by atoms with van der Waals surface area (Å²) in [6.45, 7) is 3.57. The van der Waals surface area contributed by atoms with Crippen LogP contribution in [0.15, 0.2) is 0 Å². The first kappa shape index (κ1) is 18.4. The molecule has 1 rings (SSSR count). The Morgan fingerprint density at radius 3 is 2.50 bits per heavy atom. The zero-order chi connectivity index (χ0) is 16.7. The quantitative estimate of drug-likeness (QED) is 0.689. The fraction of sp³-hybridized carbons (Fsp3) is 0.800. The second-order valence-corrected chi connectivity index (χ2v) is 5.96. The number of hydrogen-bond donors (Lipinski definition) is 1. The maximum Gasteiger partial charge on any atom is 0.239 e. The standard InChI is InChI=1S/C15H28N4O3/c1-5-8-16-13(20)10-18(4)14(21)11-19-9-6-7-12(19)15(22)17(2)3/h12H,5-11H2,1-4H3,(H,16,20). The highest BCUT2D eigenvalue weighted by molar-refractivity contribution is 5.86. The number of likely N-dealkylation sites (tertiary alicyclic amines) is 1. The third-order valence-electron chi connectivity index (χ3n) is 3.81. The summed E-state index contributed by atoms with van der Waals surface area (Å²) < 4.78 is 0. The van der Waals surface area contributed by atoms with E-state index in [4.69, 9.17) is 0 Å². The SMILES string of the molecule is CCCNC(=O)CN(C)C(=O)CN1CCCC1C(=O)N(C)C. The molecule has 1 heterocycles. The van der Waals surface area contributed by atoms with Crippen LogP contribution in [0.2, 0.25) is 0 Å². The fourth-order valence-electron chi connectivity index (χ4n) is 2.51. The molecule has 7 nitrogen and oxygen atoms in total. The largest absolute Gasteiger partial charge is 0.355 e. The molecule has 126 valence electrons. The van der Waals surface area contributed by atoms with Crippen LogP contribution in [-0.2, 0) is 14.4 Å². The van der Waals surface area contributed by atoms with E-state index in [0.717, 1.165) is 25.8 Å². The van der Waals surface area contributed by atoms with Gasteiger partial charge in [-0.15, -0.1) is 0 Å². The lowest BCUT2D eigenvalue weighted by molar-refractivity contribution is -0.138. The van der Waals surface area contributed by atoms with Gasteiger partial charge in [0, 0.05) is 27.7 Å². The normalized spacial score (nSPS) is 18.1. The number of likely N-dealkylation sites (N-methyl/N-ethyl adjacent to an activating group) is 2. The number of nitrogens with zero attached hydrogens (tertiary/aromatic N) is 3. The lowest BCUT2D eigenvalue weighted by atomic mass is 10.2. The fourth-order valence-corrected chi connectivity index (χ4v) is 2.51. The van der Waals surface area contributed by atoms with Crippen LogP contribution in [0.5, 0.6) is 0 Å². The first-order valence-electron chi connectivity index (χ1n) is 7.82. The van der Waals surface area contributed by atoms with E-state index >= 15 is 0 Å². The average molecular weight is 312 g/mol. The minimum absolute atomic E-state index is 0.0358. The third kappa shape index (κ3) is 5.29. The topological polar surface area (TPSA) is 73.0 Å². The van der Waals surface area contributed by atoms with Crippen LogP contribution in [0.1, 0.15) is 26.2 Å². The van der Waals surface area contributed by atoms with Crippen molar-refractivity contribution in [1.82, 2.24) is 20.0 Å². The summed E-state index contributed by atoms with van der Waals surface area (Å²) in [6, 6.07) is -0.221. The molecule has 0 aromatic rings. The molecular formula is C15H28N4O3. The Labute approximate surface area is 132 Å². The molecule has 0 saturated carbocycles. The van der Waals surface area contributed by atoms with E-state index in [1.165, 1.54) is 4.90 Å². The van der Waals surface area contributed by atoms with Crippen LogP contribution in [0.25, 0.3) is 0 Å². The van der Waals surface area contributed by atoms with Crippen molar-refractivity contribution >= 4 is 17.7 Å². The van der Waals surface area contributed by atoms with Crippen molar-refractivity contribution in [1.29, 1.82) is 0 Å². The average Bonchev–Trinajstić information content (AvgIpc) is 2.91. The van der Waals surface area contributed by atoms with Crippen molar-refractivity contribution in [3.63, 3.8) is 0 Å². The molecule has 1 aliphatic rings. The maximum atomic E-state index is 12.2. The molecule has 0 spiro atoms. The molecule has 0 aromatic carbocycles. The van der Waals surface area contributed by atoms with Crippen LogP contribution >= 0.6 is 0 Å². The zero-order valence-corrected chi connectivity index (χ0v) is 14.1. The second-order valence-electron chi connectivity index (χ2n) is 5.96. The Hall–Kier alpha value is -1.63. The first-order chi connectivity index (χ1) is 10.4. The van der Waals surface area contributed by atoms with E-state index in [1.54, 1.807) is 26.0 Å². The number of rotatable bonds is 7. The number of amides is 3. The number of hydrogen-bond acceptors (Lipinski definition) is 4. The molecule has 0 aromatic heterocycles. The molecule has 3 amide bonds. The Morgan fingerprint density at radius 1 is 1.23 bits per heavy atom. The first-order valence-corrected chi connectivity index (χ1v) is 7.82. The molecule has 7 heteroatoms. The molecule has 0 aliphatic carbocycles. The van der Waals surface area contributed by atoms with Crippen molar-refractivity contribution < 1.29 is 14.4 Å². The van der Waals surface area contributed by atoms with Crippen molar-refractivity contribution in [3.05, 3.63) is 0 Å². The highest BCUT2D eigenvalue weighted by Gasteiger charge is 2.33. The lowest BCUT2D eigenvalue weighted by Crippen LogP contribution is -2.48. The Morgan fingerprint density at radius 2 is 1.91 bits per heavy atom. The van der Waals surface area contributed by atoms with E-state index in [-0.39, 0.29) is 36.9 Å². The second kappa shape index (κ2) is 8.73. The van der Waals surface area contributed by atoms with E-state index < -0.39 is 0 Å². The van der Waals surface area contributed by atoms with E-state index in [2.05, 4.69) is 5.32 Å². The highest BCUT2D eigenvalue weighted by Crippen LogP contribution is 2.18. The van der Waals surface area contributed by atoms with Crippen molar-refractivity contribution in [2.45, 2.75) is 32.2 Å². The molecule has 1 atom stereocenters. The molecule has 0 radical (unpaired) electrons. The number of nitrogens with one attached hydrogen (secondary N) is 1. The van der Waals surface area contributed by atoms with Gasteiger partial charge >= 0.3 is 0 Å². The summed E-state index contributed by atoms with van der Waals surface area (Å²) in [6.07, 6.45) is 2.56. The lowest BCUT2D eigenvalue weighted by Gasteiger charge is -2.27. The summed E-state index contributed by atoms with van der Waals surface area (Å²) >= 11 is 0. The summed E-state index contributed by atoms with van der Waals surface area (Å²) in [5.41, 5.74) is 0. The smallest absolute Gasteiger partial charge is 0.239 e. The Balaban J connectivity index is 2.49. The molecule has 1 saturated heterocycles. The summed E-state index contributed by atoms with van der Waals surface area (Å²) in [4.78, 5) is 40.9. The molecule has 1 unspecified atom stereocenters. The highest BCUT2D eigenvalue weighted by atomic mass is 16.2. The van der Waals surface area contributed by atoms with Gasteiger partial charge in [0.1, 0.15) is 0 Å². The minimum atomic E-state index is -0.221. The van der Waals surface area contributed by atoms with Gasteiger partial charge in [-0.05, 0) is 25.8 Å². The predicted molar refractivity (Wildman–Crippen MR) is 84.2 cm³/mol. The summed E-state index contributed by atoms with van der Waals surface area (Å²) in [5, 5.41) is 2.75. The Bertz CT molecular complexity index is 412. The van der Waals surface area contributed by atoms with Gasteiger partial charge in [-0.3, -0.25) is 19.3 Å². The molecule has 0 bridgehead atoms. The molecule has 22 heavy (non-hydrogen) atoms. The van der Waals surface area contributed by atoms with Crippen molar-refractivity contribution in [2.24, 2.45) is 0 Å². The van der Waals surface area contributed by atoms with E-state index in [9.17, 15) is 14.4 Å². The molecule has 1 N–H and O–H groups in total. The third-order valence-corrected chi connectivity index (χ3v) is 3.81. The number of carbonyl (C=O) groups excluding carboxylic acids is 3. The van der Waals surface area contributed by atoms with Gasteiger partial charge in [0.05, 0.1) is 19.1 Å². The van der Waals surface area contributed by atoms with Gasteiger partial charge in [-0.1, -0.05) is 6.92 Å². The summed E-state index contributed by atoms with van der Waals surface area (Å²) in [5.74, 6) is -0.251. The monoisotopic (exact) mass is 312 g/mol. The zero-order valence-electron chi connectivity index (χ0n) is 14.1. The van der Waals surface area contributed by atoms with Gasteiger partial charge < -0.3 is 15.1 Å². The van der Waals surface area contributed by atoms with Gasteiger partial charge in [-0.25, -0.2) is 0 Å².